The first kappa shape index (κ1) is 13.7. The minimum absolute atomic E-state index is 0.397. The standard InChI is InChI=1S/C21H22N2S/c1-2-4-17(5-3-1)18-13-24-20-22-19(12-23(18)20)21-9-14-6-15(10-21)8-16(7-14)11-21/h1-5,12-16H,6-11H2. The first-order valence-electron chi connectivity index (χ1n) is 9.32. The van der Waals surface area contributed by atoms with E-state index in [1.165, 1.54) is 60.4 Å². The molecule has 0 unspecified atom stereocenters. The minimum atomic E-state index is 0.397. The Bertz CT molecular complexity index is 869. The third kappa shape index (κ3) is 1.85. The van der Waals surface area contributed by atoms with Gasteiger partial charge in [0.2, 0.25) is 0 Å². The lowest BCUT2D eigenvalue weighted by Crippen LogP contribution is -2.48. The van der Waals surface area contributed by atoms with Gasteiger partial charge in [0.25, 0.3) is 0 Å². The second-order valence-electron chi connectivity index (χ2n) is 8.46. The third-order valence-corrected chi connectivity index (χ3v) is 7.70. The van der Waals surface area contributed by atoms with Crippen LogP contribution in [0.15, 0.2) is 41.9 Å². The van der Waals surface area contributed by atoms with Gasteiger partial charge in [0.1, 0.15) is 0 Å². The average Bonchev–Trinajstić information content (AvgIpc) is 3.15. The highest BCUT2D eigenvalue weighted by Crippen LogP contribution is 2.60. The summed E-state index contributed by atoms with van der Waals surface area (Å²) in [6.07, 6.45) is 11.0. The van der Waals surface area contributed by atoms with E-state index < -0.39 is 0 Å². The summed E-state index contributed by atoms with van der Waals surface area (Å²) in [6.45, 7) is 0. The molecule has 0 spiro atoms. The van der Waals surface area contributed by atoms with Crippen LogP contribution >= 0.6 is 11.3 Å². The molecule has 0 aliphatic heterocycles. The molecular weight excluding hydrogens is 312 g/mol. The Balaban J connectivity index is 1.47. The van der Waals surface area contributed by atoms with E-state index in [0.717, 1.165) is 17.8 Å². The number of fused-ring (bicyclic) bond motifs is 1. The van der Waals surface area contributed by atoms with E-state index in [1.807, 2.05) is 0 Å². The summed E-state index contributed by atoms with van der Waals surface area (Å²) in [5.74, 6) is 2.93. The summed E-state index contributed by atoms with van der Waals surface area (Å²) in [5.41, 5.74) is 4.37. The van der Waals surface area contributed by atoms with Crippen LogP contribution in [0.2, 0.25) is 0 Å². The van der Waals surface area contributed by atoms with Crippen molar-refractivity contribution < 1.29 is 0 Å². The molecule has 2 nitrogen and oxygen atoms in total. The maximum absolute atomic E-state index is 5.13. The van der Waals surface area contributed by atoms with E-state index in [1.54, 1.807) is 11.3 Å². The van der Waals surface area contributed by atoms with Crippen molar-refractivity contribution in [2.24, 2.45) is 17.8 Å². The quantitative estimate of drug-likeness (QED) is 0.602. The second-order valence-corrected chi connectivity index (χ2v) is 9.30. The van der Waals surface area contributed by atoms with Crippen molar-refractivity contribution in [3.05, 3.63) is 47.6 Å². The van der Waals surface area contributed by atoms with Crippen LogP contribution in [0.1, 0.15) is 44.2 Å². The van der Waals surface area contributed by atoms with E-state index in [2.05, 4.69) is 46.3 Å². The molecule has 7 rings (SSSR count). The van der Waals surface area contributed by atoms with Gasteiger partial charge in [0.05, 0.1) is 11.4 Å². The van der Waals surface area contributed by atoms with Gasteiger partial charge in [-0.1, -0.05) is 30.3 Å². The van der Waals surface area contributed by atoms with E-state index in [-0.39, 0.29) is 0 Å². The molecule has 4 aliphatic carbocycles. The molecule has 4 aliphatic rings. The van der Waals surface area contributed by atoms with Crippen LogP contribution in [0.25, 0.3) is 16.2 Å². The SMILES string of the molecule is c1ccc(-c2csc3nc(C45CC6CC(CC(C6)C4)C5)cn23)cc1. The van der Waals surface area contributed by atoms with Gasteiger partial charge >= 0.3 is 0 Å². The Hall–Kier alpha value is -1.61. The third-order valence-electron chi connectivity index (χ3n) is 6.86. The summed E-state index contributed by atoms with van der Waals surface area (Å²) in [6, 6.07) is 10.7. The highest BCUT2D eigenvalue weighted by Gasteiger charge is 2.52. The van der Waals surface area contributed by atoms with Crippen molar-refractivity contribution in [3.8, 4) is 11.3 Å². The van der Waals surface area contributed by atoms with Crippen molar-refractivity contribution in [1.29, 1.82) is 0 Å². The molecule has 2 heterocycles. The fraction of sp³-hybridized carbons (Fsp3) is 0.476. The van der Waals surface area contributed by atoms with Crippen molar-refractivity contribution >= 4 is 16.3 Å². The summed E-state index contributed by atoms with van der Waals surface area (Å²) < 4.78 is 2.34. The highest BCUT2D eigenvalue weighted by atomic mass is 32.1. The van der Waals surface area contributed by atoms with Gasteiger partial charge < -0.3 is 0 Å². The second kappa shape index (κ2) is 4.72. The molecule has 0 atom stereocenters. The number of imidazole rings is 1. The first-order chi connectivity index (χ1) is 11.8. The number of rotatable bonds is 2. The molecule has 24 heavy (non-hydrogen) atoms. The van der Waals surface area contributed by atoms with Crippen LogP contribution in [0.3, 0.4) is 0 Å². The molecule has 0 N–H and O–H groups in total. The average molecular weight is 334 g/mol. The zero-order valence-electron chi connectivity index (χ0n) is 13.8. The Kier molecular flexibility index (Phi) is 2.69. The minimum Gasteiger partial charge on any atom is -0.290 e. The Morgan fingerprint density at radius 1 is 0.958 bits per heavy atom. The number of hydrogen-bond acceptors (Lipinski definition) is 2. The highest BCUT2D eigenvalue weighted by molar-refractivity contribution is 7.15. The van der Waals surface area contributed by atoms with Crippen molar-refractivity contribution in [2.75, 3.05) is 0 Å². The van der Waals surface area contributed by atoms with E-state index in [9.17, 15) is 0 Å². The molecule has 3 aromatic rings. The summed E-state index contributed by atoms with van der Waals surface area (Å²) in [5, 5.41) is 2.25. The van der Waals surface area contributed by atoms with E-state index in [4.69, 9.17) is 4.98 Å². The van der Waals surface area contributed by atoms with Crippen molar-refractivity contribution in [1.82, 2.24) is 9.38 Å². The Labute approximate surface area is 146 Å². The van der Waals surface area contributed by atoms with Crippen LogP contribution in [0.5, 0.6) is 0 Å². The lowest BCUT2D eigenvalue weighted by atomic mass is 9.49. The zero-order valence-corrected chi connectivity index (χ0v) is 14.6. The first-order valence-corrected chi connectivity index (χ1v) is 10.2. The van der Waals surface area contributed by atoms with Crippen LogP contribution in [0, 0.1) is 17.8 Å². The van der Waals surface area contributed by atoms with Gasteiger partial charge in [-0.3, -0.25) is 4.40 Å². The smallest absolute Gasteiger partial charge is 0.194 e. The Morgan fingerprint density at radius 3 is 2.29 bits per heavy atom. The molecule has 122 valence electrons. The molecule has 4 saturated carbocycles. The number of benzene rings is 1. The fourth-order valence-corrected chi connectivity index (χ4v) is 7.16. The maximum Gasteiger partial charge on any atom is 0.194 e. The number of thiazole rings is 1. The topological polar surface area (TPSA) is 17.3 Å². The molecular formula is C21H22N2S. The lowest BCUT2D eigenvalue weighted by molar-refractivity contribution is -0.00696. The molecule has 2 aromatic heterocycles. The normalized spacial score (nSPS) is 34.2. The van der Waals surface area contributed by atoms with E-state index in [0.29, 0.717) is 5.41 Å². The predicted molar refractivity (Wildman–Crippen MR) is 98.4 cm³/mol. The van der Waals surface area contributed by atoms with Gasteiger partial charge in [-0.25, -0.2) is 4.98 Å². The largest absolute Gasteiger partial charge is 0.290 e. The summed E-state index contributed by atoms with van der Waals surface area (Å²) in [4.78, 5) is 6.30. The molecule has 1 aromatic carbocycles. The van der Waals surface area contributed by atoms with Gasteiger partial charge in [-0.15, -0.1) is 11.3 Å². The number of nitrogens with zero attached hydrogens (tertiary/aromatic N) is 2. The van der Waals surface area contributed by atoms with Gasteiger partial charge in [-0.05, 0) is 61.8 Å². The van der Waals surface area contributed by atoms with Gasteiger partial charge in [0.15, 0.2) is 4.96 Å². The molecule has 4 fully saturated rings. The van der Waals surface area contributed by atoms with E-state index >= 15 is 0 Å². The van der Waals surface area contributed by atoms with Crippen LogP contribution < -0.4 is 0 Å². The Morgan fingerprint density at radius 2 is 1.62 bits per heavy atom. The maximum atomic E-state index is 5.13. The van der Waals surface area contributed by atoms with Crippen LogP contribution in [0.4, 0.5) is 0 Å². The number of aromatic nitrogens is 2. The van der Waals surface area contributed by atoms with Crippen LogP contribution in [-0.4, -0.2) is 9.38 Å². The van der Waals surface area contributed by atoms with Crippen molar-refractivity contribution in [3.63, 3.8) is 0 Å². The molecule has 0 radical (unpaired) electrons. The molecule has 3 heteroatoms. The van der Waals surface area contributed by atoms with Crippen LogP contribution in [-0.2, 0) is 5.41 Å². The lowest BCUT2D eigenvalue weighted by Gasteiger charge is -2.56. The molecule has 0 saturated heterocycles. The predicted octanol–water partition coefficient (Wildman–Crippen LogP) is 5.53. The fourth-order valence-electron chi connectivity index (χ4n) is 6.28. The molecule has 0 amide bonds. The zero-order chi connectivity index (χ0) is 15.7. The summed E-state index contributed by atoms with van der Waals surface area (Å²) >= 11 is 1.79. The van der Waals surface area contributed by atoms with Gasteiger partial charge in [-0.2, -0.15) is 0 Å². The molecule has 4 bridgehead atoms. The summed E-state index contributed by atoms with van der Waals surface area (Å²) in [7, 11) is 0. The van der Waals surface area contributed by atoms with Crippen molar-refractivity contribution in [2.45, 2.75) is 43.9 Å². The monoisotopic (exact) mass is 334 g/mol. The number of hydrogen-bond donors (Lipinski definition) is 0. The van der Waals surface area contributed by atoms with Gasteiger partial charge in [0, 0.05) is 17.0 Å².